The molecule has 124 valence electrons. The minimum Gasteiger partial charge on any atom is -0.366 e. The topological polar surface area (TPSA) is 44.0 Å². The van der Waals surface area contributed by atoms with Crippen molar-refractivity contribution in [1.29, 1.82) is 0 Å². The number of hydrogen-bond acceptors (Lipinski definition) is 2. The van der Waals surface area contributed by atoms with E-state index < -0.39 is 0 Å². The number of benzene rings is 1. The average Bonchev–Trinajstić information content (AvgIpc) is 2.94. The molecule has 2 heterocycles. The first-order chi connectivity index (χ1) is 11.7. The van der Waals surface area contributed by atoms with Crippen molar-refractivity contribution < 1.29 is 0 Å². The molecule has 3 rings (SSSR count). The molecule has 0 unspecified atom stereocenters. The molecule has 0 aliphatic heterocycles. The van der Waals surface area contributed by atoms with Crippen LogP contribution in [0.4, 0.5) is 0 Å². The summed E-state index contributed by atoms with van der Waals surface area (Å²) in [7, 11) is 1.87. The smallest absolute Gasteiger partial charge is 0.168 e. The molecule has 24 heavy (non-hydrogen) atoms. The Morgan fingerprint density at radius 1 is 1.21 bits per heavy atom. The number of aromatic nitrogens is 2. The van der Waals surface area contributed by atoms with E-state index in [0.29, 0.717) is 0 Å². The van der Waals surface area contributed by atoms with Crippen molar-refractivity contribution in [2.75, 3.05) is 13.6 Å². The molecule has 0 fully saturated rings. The van der Waals surface area contributed by atoms with Crippen LogP contribution in [0, 0.1) is 6.92 Å². The van der Waals surface area contributed by atoms with Gasteiger partial charge in [0.2, 0.25) is 0 Å². The maximum Gasteiger partial charge on any atom is 0.168 e. The number of rotatable bonds is 5. The van der Waals surface area contributed by atoms with Crippen molar-refractivity contribution >= 4 is 28.2 Å². The second-order valence-electron chi connectivity index (χ2n) is 5.86. The number of nitrogens with one attached hydrogen (secondary N) is 2. The number of fused-ring (bicyclic) bond motifs is 1. The molecule has 1 aromatic carbocycles. The van der Waals surface area contributed by atoms with Gasteiger partial charge in [0.25, 0.3) is 0 Å². The Hall–Kier alpha value is -2.40. The molecule has 0 bridgehead atoms. The highest BCUT2D eigenvalue weighted by Gasteiger charge is 2.13. The van der Waals surface area contributed by atoms with Crippen LogP contribution in [0.5, 0.6) is 0 Å². The Balaban J connectivity index is 1.77. The zero-order valence-corrected chi connectivity index (χ0v) is 14.9. The van der Waals surface area contributed by atoms with Crippen LogP contribution in [-0.4, -0.2) is 33.6 Å². The van der Waals surface area contributed by atoms with Crippen LogP contribution in [0.25, 0.3) is 10.9 Å². The van der Waals surface area contributed by atoms with Crippen molar-refractivity contribution in [1.82, 2.24) is 20.2 Å². The molecular formula is C19H22N4S. The summed E-state index contributed by atoms with van der Waals surface area (Å²) >= 11 is 5.49. The molecule has 5 heteroatoms. The normalized spacial score (nSPS) is 10.8. The highest BCUT2D eigenvalue weighted by molar-refractivity contribution is 7.80. The fraction of sp³-hybridized carbons (Fsp3) is 0.263. The van der Waals surface area contributed by atoms with Gasteiger partial charge in [0.15, 0.2) is 5.11 Å². The highest BCUT2D eigenvalue weighted by Crippen LogP contribution is 2.22. The predicted octanol–water partition coefficient (Wildman–Crippen LogP) is 3.42. The van der Waals surface area contributed by atoms with E-state index in [0.717, 1.165) is 24.6 Å². The Kier molecular flexibility index (Phi) is 5.11. The molecule has 0 atom stereocenters. The first-order valence-corrected chi connectivity index (χ1v) is 8.51. The van der Waals surface area contributed by atoms with Crippen LogP contribution in [0.3, 0.4) is 0 Å². The van der Waals surface area contributed by atoms with Crippen molar-refractivity contribution in [2.45, 2.75) is 19.9 Å². The molecule has 4 nitrogen and oxygen atoms in total. The largest absolute Gasteiger partial charge is 0.366 e. The predicted molar refractivity (Wildman–Crippen MR) is 103 cm³/mol. The Morgan fingerprint density at radius 2 is 1.96 bits per heavy atom. The van der Waals surface area contributed by atoms with Crippen molar-refractivity contribution in [2.24, 2.45) is 0 Å². The zero-order chi connectivity index (χ0) is 16.9. The van der Waals surface area contributed by atoms with Gasteiger partial charge in [-0.25, -0.2) is 0 Å². The molecule has 2 N–H and O–H groups in total. The monoisotopic (exact) mass is 338 g/mol. The molecule has 3 aromatic rings. The lowest BCUT2D eigenvalue weighted by Crippen LogP contribution is -2.38. The first kappa shape index (κ1) is 16.5. The van der Waals surface area contributed by atoms with Gasteiger partial charge in [-0.1, -0.05) is 18.2 Å². The minimum atomic E-state index is 0.768. The molecule has 0 spiro atoms. The van der Waals surface area contributed by atoms with E-state index in [1.165, 1.54) is 27.7 Å². The van der Waals surface area contributed by atoms with Crippen LogP contribution in [0.2, 0.25) is 0 Å². The summed E-state index contributed by atoms with van der Waals surface area (Å²) in [6, 6.07) is 12.5. The third-order valence-corrected chi connectivity index (χ3v) is 4.74. The zero-order valence-electron chi connectivity index (χ0n) is 14.0. The van der Waals surface area contributed by atoms with E-state index in [9.17, 15) is 0 Å². The maximum absolute atomic E-state index is 5.49. The first-order valence-electron chi connectivity index (χ1n) is 8.11. The van der Waals surface area contributed by atoms with Crippen LogP contribution in [-0.2, 0) is 13.0 Å². The van der Waals surface area contributed by atoms with Gasteiger partial charge in [0.1, 0.15) is 0 Å². The van der Waals surface area contributed by atoms with Gasteiger partial charge in [-0.2, -0.15) is 0 Å². The summed E-state index contributed by atoms with van der Waals surface area (Å²) in [4.78, 5) is 9.75. The second kappa shape index (κ2) is 7.45. The summed E-state index contributed by atoms with van der Waals surface area (Å²) in [5.74, 6) is 0. The standard InChI is InChI=1S/C19H22N4S/c1-14-16(17-5-3-4-6-18(17)22-14)9-12-23(19(24)20-2)13-15-7-10-21-11-8-15/h3-8,10-11,22H,9,12-13H2,1-2H3,(H,20,24). The fourth-order valence-electron chi connectivity index (χ4n) is 3.02. The van der Waals surface area contributed by atoms with Crippen molar-refractivity contribution in [3.63, 3.8) is 0 Å². The number of para-hydroxylation sites is 1. The minimum absolute atomic E-state index is 0.768. The molecule has 2 aromatic heterocycles. The quantitative estimate of drug-likeness (QED) is 0.700. The summed E-state index contributed by atoms with van der Waals surface area (Å²) in [6.07, 6.45) is 4.59. The van der Waals surface area contributed by atoms with E-state index in [4.69, 9.17) is 12.2 Å². The lowest BCUT2D eigenvalue weighted by molar-refractivity contribution is 0.413. The number of aromatic amines is 1. The fourth-order valence-corrected chi connectivity index (χ4v) is 3.18. The van der Waals surface area contributed by atoms with E-state index in [2.05, 4.69) is 51.4 Å². The lowest BCUT2D eigenvalue weighted by Gasteiger charge is -2.25. The number of aryl methyl sites for hydroxylation is 1. The summed E-state index contributed by atoms with van der Waals surface area (Å²) in [5.41, 5.74) is 5.00. The third-order valence-electron chi connectivity index (χ3n) is 4.28. The Labute approximate surface area is 147 Å². The second-order valence-corrected chi connectivity index (χ2v) is 6.24. The van der Waals surface area contributed by atoms with E-state index in [-0.39, 0.29) is 0 Å². The van der Waals surface area contributed by atoms with Crippen LogP contribution < -0.4 is 5.32 Å². The van der Waals surface area contributed by atoms with Gasteiger partial charge in [-0.05, 0) is 54.9 Å². The molecule has 0 aliphatic rings. The molecule has 0 saturated carbocycles. The van der Waals surface area contributed by atoms with Crippen LogP contribution in [0.1, 0.15) is 16.8 Å². The number of nitrogens with zero attached hydrogens (tertiary/aromatic N) is 2. The Morgan fingerprint density at radius 3 is 2.71 bits per heavy atom. The molecule has 0 aliphatic carbocycles. The van der Waals surface area contributed by atoms with Gasteiger partial charge < -0.3 is 15.2 Å². The van der Waals surface area contributed by atoms with Gasteiger partial charge in [-0.15, -0.1) is 0 Å². The summed E-state index contributed by atoms with van der Waals surface area (Å²) in [5, 5.41) is 5.17. The highest BCUT2D eigenvalue weighted by atomic mass is 32.1. The van der Waals surface area contributed by atoms with E-state index >= 15 is 0 Å². The SMILES string of the molecule is CNC(=S)N(CCc1c(C)[nH]c2ccccc12)Cc1ccncc1. The van der Waals surface area contributed by atoms with Gasteiger partial charge in [-0.3, -0.25) is 4.98 Å². The van der Waals surface area contributed by atoms with Crippen LogP contribution in [0.15, 0.2) is 48.8 Å². The third kappa shape index (κ3) is 3.57. The van der Waals surface area contributed by atoms with Crippen molar-refractivity contribution in [3.05, 3.63) is 65.6 Å². The number of hydrogen-bond donors (Lipinski definition) is 2. The summed E-state index contributed by atoms with van der Waals surface area (Å²) < 4.78 is 0. The maximum atomic E-state index is 5.49. The van der Waals surface area contributed by atoms with Crippen molar-refractivity contribution in [3.8, 4) is 0 Å². The molecule has 0 radical (unpaired) electrons. The number of thiocarbonyl (C=S) groups is 1. The van der Waals surface area contributed by atoms with E-state index in [1.807, 2.05) is 31.6 Å². The van der Waals surface area contributed by atoms with Gasteiger partial charge in [0.05, 0.1) is 0 Å². The van der Waals surface area contributed by atoms with Crippen LogP contribution >= 0.6 is 12.2 Å². The van der Waals surface area contributed by atoms with E-state index in [1.54, 1.807) is 0 Å². The molecule has 0 saturated heterocycles. The lowest BCUT2D eigenvalue weighted by atomic mass is 10.1. The number of pyridine rings is 1. The van der Waals surface area contributed by atoms with Gasteiger partial charge in [0, 0.05) is 49.1 Å². The summed E-state index contributed by atoms with van der Waals surface area (Å²) in [6.45, 7) is 3.78. The molecular weight excluding hydrogens is 316 g/mol. The Bertz CT molecular complexity index is 826. The number of H-pyrrole nitrogens is 1. The molecule has 0 amide bonds. The van der Waals surface area contributed by atoms with Gasteiger partial charge >= 0.3 is 0 Å². The average molecular weight is 338 g/mol.